The molecule has 0 aromatic carbocycles. The lowest BCUT2D eigenvalue weighted by Crippen LogP contribution is -2.24. The Kier molecular flexibility index (Phi) is 9.01. The topological polar surface area (TPSA) is 121 Å². The number of amides is 1. The van der Waals surface area contributed by atoms with Crippen LogP contribution >= 0.6 is 0 Å². The zero-order valence-corrected chi connectivity index (χ0v) is 9.88. The minimum absolute atomic E-state index is 0.387. The van der Waals surface area contributed by atoms with E-state index in [0.29, 0.717) is 17.8 Å². The molecule has 7 nitrogen and oxygen atoms in total. The number of allylic oxidation sites excluding steroid dienone is 1. The van der Waals surface area contributed by atoms with Crippen molar-refractivity contribution in [3.63, 3.8) is 0 Å². The van der Waals surface area contributed by atoms with Crippen LogP contribution in [0.25, 0.3) is 0 Å². The summed E-state index contributed by atoms with van der Waals surface area (Å²) in [5, 5.41) is 15.6. The van der Waals surface area contributed by atoms with Gasteiger partial charge in [0.15, 0.2) is 0 Å². The maximum Gasteiger partial charge on any atom is 0.328 e. The van der Waals surface area contributed by atoms with Crippen LogP contribution in [0.3, 0.4) is 0 Å². The third-order valence-electron chi connectivity index (χ3n) is 1.38. The van der Waals surface area contributed by atoms with Gasteiger partial charge in [-0.05, 0) is 6.92 Å². The highest BCUT2D eigenvalue weighted by molar-refractivity contribution is 5.91. The van der Waals surface area contributed by atoms with Gasteiger partial charge in [0.05, 0.1) is 5.70 Å². The highest BCUT2D eigenvalue weighted by atomic mass is 16.4. The van der Waals surface area contributed by atoms with Crippen molar-refractivity contribution in [1.82, 2.24) is 4.90 Å². The summed E-state index contributed by atoms with van der Waals surface area (Å²) < 4.78 is 0. The molecule has 0 heterocycles. The second-order valence-electron chi connectivity index (χ2n) is 2.94. The molecule has 0 aliphatic rings. The standard InChI is InChI=1S/C6H12N2O.C4H4O4/c1-4-5(6(7)9)8(2)3;5-3(6)1-2-4(7)8/h4H,1-3H3,(H2,7,9);1-2H,(H,5,6)(H,7,8)/b5-4-;2-1-. The number of primary amides is 1. The first-order valence-electron chi connectivity index (χ1n) is 4.49. The number of carboxylic acids is 2. The second-order valence-corrected chi connectivity index (χ2v) is 2.94. The zero-order chi connectivity index (χ0) is 14.0. The Hall–Kier alpha value is -2.31. The average molecular weight is 244 g/mol. The van der Waals surface area contributed by atoms with E-state index in [1.54, 1.807) is 32.0 Å². The molecule has 0 aliphatic heterocycles. The fourth-order valence-corrected chi connectivity index (χ4v) is 0.763. The number of hydrogen-bond acceptors (Lipinski definition) is 4. The number of carbonyl (C=O) groups excluding carboxylic acids is 1. The summed E-state index contributed by atoms with van der Waals surface area (Å²) >= 11 is 0. The molecule has 0 rings (SSSR count). The van der Waals surface area contributed by atoms with E-state index in [0.717, 1.165) is 0 Å². The molecule has 0 fully saturated rings. The Morgan fingerprint density at radius 2 is 1.41 bits per heavy atom. The van der Waals surface area contributed by atoms with Crippen molar-refractivity contribution in [2.45, 2.75) is 6.92 Å². The maximum atomic E-state index is 10.5. The molecule has 0 atom stereocenters. The summed E-state index contributed by atoms with van der Waals surface area (Å²) in [5.41, 5.74) is 5.54. The summed E-state index contributed by atoms with van der Waals surface area (Å²) in [5.74, 6) is -2.90. The minimum Gasteiger partial charge on any atom is -0.478 e. The lowest BCUT2D eigenvalue weighted by Gasteiger charge is -2.12. The van der Waals surface area contributed by atoms with E-state index >= 15 is 0 Å². The fraction of sp³-hybridized carbons (Fsp3) is 0.300. The molecule has 0 saturated carbocycles. The average Bonchev–Trinajstić information content (AvgIpc) is 2.15. The normalized spacial score (nSPS) is 10.4. The molecule has 0 aromatic rings. The number of hydrogen-bond donors (Lipinski definition) is 3. The van der Waals surface area contributed by atoms with Gasteiger partial charge in [-0.3, -0.25) is 4.79 Å². The molecule has 0 spiro atoms. The molecule has 17 heavy (non-hydrogen) atoms. The Balaban J connectivity index is 0. The summed E-state index contributed by atoms with van der Waals surface area (Å²) in [6, 6.07) is 0. The van der Waals surface area contributed by atoms with Gasteiger partial charge in [-0.25, -0.2) is 9.59 Å². The van der Waals surface area contributed by atoms with Crippen LogP contribution < -0.4 is 5.73 Å². The highest BCUT2D eigenvalue weighted by Crippen LogP contribution is 1.94. The van der Waals surface area contributed by atoms with Gasteiger partial charge < -0.3 is 20.8 Å². The number of carboxylic acid groups (broad SMARTS) is 2. The van der Waals surface area contributed by atoms with Crippen LogP contribution in [0.5, 0.6) is 0 Å². The van der Waals surface area contributed by atoms with Gasteiger partial charge in [0.1, 0.15) is 0 Å². The predicted molar refractivity (Wildman–Crippen MR) is 61.1 cm³/mol. The molecular formula is C10H16N2O5. The quantitative estimate of drug-likeness (QED) is 0.581. The van der Waals surface area contributed by atoms with Crippen molar-refractivity contribution < 1.29 is 24.6 Å². The molecule has 7 heteroatoms. The van der Waals surface area contributed by atoms with Crippen molar-refractivity contribution in [2.75, 3.05) is 14.1 Å². The lowest BCUT2D eigenvalue weighted by atomic mass is 10.4. The van der Waals surface area contributed by atoms with Crippen LogP contribution in [0.2, 0.25) is 0 Å². The minimum atomic E-state index is -1.26. The van der Waals surface area contributed by atoms with Gasteiger partial charge in [-0.15, -0.1) is 0 Å². The van der Waals surface area contributed by atoms with E-state index in [1.165, 1.54) is 0 Å². The van der Waals surface area contributed by atoms with Crippen LogP contribution in [0, 0.1) is 0 Å². The second kappa shape index (κ2) is 8.96. The first kappa shape index (κ1) is 17.1. The summed E-state index contributed by atoms with van der Waals surface area (Å²) in [7, 11) is 3.56. The Bertz CT molecular complexity index is 329. The monoisotopic (exact) mass is 244 g/mol. The van der Waals surface area contributed by atoms with Crippen molar-refractivity contribution in [3.8, 4) is 0 Å². The lowest BCUT2D eigenvalue weighted by molar-refractivity contribution is -0.134. The molecule has 96 valence electrons. The van der Waals surface area contributed by atoms with Crippen molar-refractivity contribution in [1.29, 1.82) is 0 Å². The summed E-state index contributed by atoms with van der Waals surface area (Å²) in [6.07, 6.45) is 2.80. The largest absolute Gasteiger partial charge is 0.478 e. The SMILES string of the molecule is C/C=C(/C(N)=O)N(C)C.O=C(O)/C=C\C(=O)O. The number of aliphatic carboxylic acids is 2. The van der Waals surface area contributed by atoms with Crippen LogP contribution in [-0.4, -0.2) is 47.1 Å². The van der Waals surface area contributed by atoms with Crippen LogP contribution in [0.15, 0.2) is 23.9 Å². The first-order valence-corrected chi connectivity index (χ1v) is 4.49. The molecule has 0 radical (unpaired) electrons. The van der Waals surface area contributed by atoms with Gasteiger partial charge >= 0.3 is 11.9 Å². The third kappa shape index (κ3) is 11.6. The van der Waals surface area contributed by atoms with E-state index in [-0.39, 0.29) is 5.91 Å². The van der Waals surface area contributed by atoms with Gasteiger partial charge in [-0.1, -0.05) is 6.08 Å². The van der Waals surface area contributed by atoms with Crippen LogP contribution in [0.1, 0.15) is 6.92 Å². The molecular weight excluding hydrogens is 228 g/mol. The molecule has 0 bridgehead atoms. The van der Waals surface area contributed by atoms with Crippen molar-refractivity contribution in [3.05, 3.63) is 23.9 Å². The Labute approximate surface area is 98.8 Å². The van der Waals surface area contributed by atoms with Crippen molar-refractivity contribution >= 4 is 17.8 Å². The van der Waals surface area contributed by atoms with Crippen LogP contribution in [-0.2, 0) is 14.4 Å². The van der Waals surface area contributed by atoms with E-state index in [2.05, 4.69) is 0 Å². The fourth-order valence-electron chi connectivity index (χ4n) is 0.763. The van der Waals surface area contributed by atoms with E-state index < -0.39 is 11.9 Å². The van der Waals surface area contributed by atoms with E-state index in [9.17, 15) is 14.4 Å². The van der Waals surface area contributed by atoms with Gasteiger partial charge in [0.2, 0.25) is 0 Å². The van der Waals surface area contributed by atoms with Crippen molar-refractivity contribution in [2.24, 2.45) is 5.73 Å². The van der Waals surface area contributed by atoms with Gasteiger partial charge in [0, 0.05) is 26.2 Å². The number of nitrogens with zero attached hydrogens (tertiary/aromatic N) is 1. The molecule has 0 aliphatic carbocycles. The Morgan fingerprint density at radius 3 is 1.47 bits per heavy atom. The molecule has 0 aromatic heterocycles. The summed E-state index contributed by atoms with van der Waals surface area (Å²) in [6.45, 7) is 1.78. The van der Waals surface area contributed by atoms with E-state index in [1.807, 2.05) is 0 Å². The zero-order valence-electron chi connectivity index (χ0n) is 9.88. The predicted octanol–water partition coefficient (Wildman–Crippen LogP) is -0.351. The number of rotatable bonds is 4. The molecule has 4 N–H and O–H groups in total. The maximum absolute atomic E-state index is 10.5. The third-order valence-corrected chi connectivity index (χ3v) is 1.38. The van der Waals surface area contributed by atoms with E-state index in [4.69, 9.17) is 15.9 Å². The van der Waals surface area contributed by atoms with Gasteiger partial charge in [-0.2, -0.15) is 0 Å². The Morgan fingerprint density at radius 1 is 1.06 bits per heavy atom. The molecule has 0 unspecified atom stereocenters. The molecule has 0 saturated heterocycles. The number of likely N-dealkylation sites (N-methyl/N-ethyl adjacent to an activating group) is 1. The first-order chi connectivity index (χ1) is 7.72. The van der Waals surface area contributed by atoms with Gasteiger partial charge in [0.25, 0.3) is 5.91 Å². The smallest absolute Gasteiger partial charge is 0.328 e. The highest BCUT2D eigenvalue weighted by Gasteiger charge is 2.02. The van der Waals surface area contributed by atoms with Crippen LogP contribution in [0.4, 0.5) is 0 Å². The number of nitrogens with two attached hydrogens (primary N) is 1. The number of carbonyl (C=O) groups is 3. The molecule has 1 amide bonds. The summed E-state index contributed by atoms with van der Waals surface area (Å²) in [4.78, 5) is 31.3.